The summed E-state index contributed by atoms with van der Waals surface area (Å²) in [5, 5.41) is 2.43. The number of aromatic amines is 2. The SMILES string of the molecule is C[C@H](COc1ccc(F)c(Cl)c1)NC(=O)c1[nH]c(=O)[nH]c(=O)c1N. The Kier molecular flexibility index (Phi) is 5.24. The number of aromatic nitrogens is 2. The Morgan fingerprint density at radius 1 is 1.42 bits per heavy atom. The monoisotopic (exact) mass is 356 g/mol. The van der Waals surface area contributed by atoms with Crippen LogP contribution >= 0.6 is 11.6 Å². The third-order valence-electron chi connectivity index (χ3n) is 2.98. The van der Waals surface area contributed by atoms with Gasteiger partial charge in [-0.3, -0.25) is 14.6 Å². The molecule has 24 heavy (non-hydrogen) atoms. The van der Waals surface area contributed by atoms with Gasteiger partial charge in [-0.25, -0.2) is 9.18 Å². The van der Waals surface area contributed by atoms with Gasteiger partial charge in [-0.1, -0.05) is 11.6 Å². The average Bonchev–Trinajstić information content (AvgIpc) is 2.52. The zero-order valence-electron chi connectivity index (χ0n) is 12.5. The molecular formula is C14H14ClFN4O4. The number of hydrogen-bond acceptors (Lipinski definition) is 5. The predicted octanol–water partition coefficient (Wildman–Crippen LogP) is 0.635. The molecule has 10 heteroatoms. The highest BCUT2D eigenvalue weighted by Crippen LogP contribution is 2.21. The van der Waals surface area contributed by atoms with Gasteiger partial charge in [-0.15, -0.1) is 0 Å². The molecule has 1 heterocycles. The summed E-state index contributed by atoms with van der Waals surface area (Å²) in [4.78, 5) is 38.7. The zero-order chi connectivity index (χ0) is 17.9. The number of rotatable bonds is 5. The molecule has 2 aromatic rings. The number of carbonyl (C=O) groups is 1. The summed E-state index contributed by atoms with van der Waals surface area (Å²) >= 11 is 5.64. The maximum absolute atomic E-state index is 13.0. The summed E-state index contributed by atoms with van der Waals surface area (Å²) in [5.74, 6) is -0.977. The minimum Gasteiger partial charge on any atom is -0.491 e. The van der Waals surface area contributed by atoms with E-state index in [9.17, 15) is 18.8 Å². The molecule has 0 spiro atoms. The van der Waals surface area contributed by atoms with Crippen molar-refractivity contribution in [2.24, 2.45) is 0 Å². The molecule has 1 atom stereocenters. The van der Waals surface area contributed by atoms with E-state index in [1.165, 1.54) is 12.1 Å². The van der Waals surface area contributed by atoms with Gasteiger partial charge in [0.2, 0.25) is 0 Å². The van der Waals surface area contributed by atoms with Gasteiger partial charge in [0, 0.05) is 6.07 Å². The number of anilines is 1. The summed E-state index contributed by atoms with van der Waals surface area (Å²) in [6.45, 7) is 1.67. The van der Waals surface area contributed by atoms with Crippen molar-refractivity contribution in [2.45, 2.75) is 13.0 Å². The number of hydrogen-bond donors (Lipinski definition) is 4. The first-order valence-electron chi connectivity index (χ1n) is 6.78. The minimum atomic E-state index is -0.853. The van der Waals surface area contributed by atoms with Crippen LogP contribution in [-0.2, 0) is 0 Å². The van der Waals surface area contributed by atoms with Crippen molar-refractivity contribution in [1.29, 1.82) is 0 Å². The van der Waals surface area contributed by atoms with Crippen molar-refractivity contribution >= 4 is 23.2 Å². The molecule has 1 aromatic heterocycles. The van der Waals surface area contributed by atoms with E-state index in [-0.39, 0.29) is 17.3 Å². The lowest BCUT2D eigenvalue weighted by atomic mass is 10.3. The molecule has 8 nitrogen and oxygen atoms in total. The molecule has 0 radical (unpaired) electrons. The first kappa shape index (κ1) is 17.5. The highest BCUT2D eigenvalue weighted by molar-refractivity contribution is 6.30. The summed E-state index contributed by atoms with van der Waals surface area (Å²) in [7, 11) is 0. The van der Waals surface area contributed by atoms with Crippen LogP contribution in [0.25, 0.3) is 0 Å². The van der Waals surface area contributed by atoms with Crippen LogP contribution in [0.4, 0.5) is 10.1 Å². The van der Waals surface area contributed by atoms with Gasteiger partial charge in [0.25, 0.3) is 11.5 Å². The molecule has 1 aromatic carbocycles. The second kappa shape index (κ2) is 7.18. The fourth-order valence-electron chi connectivity index (χ4n) is 1.80. The van der Waals surface area contributed by atoms with Crippen molar-refractivity contribution < 1.29 is 13.9 Å². The van der Waals surface area contributed by atoms with Crippen LogP contribution in [-0.4, -0.2) is 28.5 Å². The van der Waals surface area contributed by atoms with Crippen LogP contribution < -0.4 is 27.0 Å². The maximum atomic E-state index is 13.0. The van der Waals surface area contributed by atoms with Crippen LogP contribution in [0.3, 0.4) is 0 Å². The fourth-order valence-corrected chi connectivity index (χ4v) is 1.97. The van der Waals surface area contributed by atoms with Crippen LogP contribution in [0.15, 0.2) is 27.8 Å². The van der Waals surface area contributed by atoms with Gasteiger partial charge < -0.3 is 20.8 Å². The largest absolute Gasteiger partial charge is 0.491 e. The quantitative estimate of drug-likeness (QED) is 0.624. The molecule has 0 aliphatic carbocycles. The van der Waals surface area contributed by atoms with Crippen LogP contribution in [0.5, 0.6) is 5.75 Å². The minimum absolute atomic E-state index is 0.0427. The lowest BCUT2D eigenvalue weighted by Crippen LogP contribution is -2.40. The van der Waals surface area contributed by atoms with E-state index in [2.05, 4.69) is 10.3 Å². The third kappa shape index (κ3) is 4.13. The van der Waals surface area contributed by atoms with Crippen LogP contribution in [0.2, 0.25) is 5.02 Å². The molecule has 0 unspecified atom stereocenters. The van der Waals surface area contributed by atoms with Gasteiger partial charge in [0.15, 0.2) is 0 Å². The van der Waals surface area contributed by atoms with Crippen molar-refractivity contribution in [3.05, 3.63) is 55.6 Å². The molecule has 1 amide bonds. The number of carbonyl (C=O) groups excluding carboxylic acids is 1. The topological polar surface area (TPSA) is 130 Å². The van der Waals surface area contributed by atoms with Gasteiger partial charge in [0.1, 0.15) is 29.6 Å². The highest BCUT2D eigenvalue weighted by Gasteiger charge is 2.16. The number of nitrogens with one attached hydrogen (secondary N) is 3. The standard InChI is InChI=1S/C14H14ClFN4O4/c1-6(5-24-7-2-3-9(16)8(15)4-7)18-13(22)11-10(17)12(21)20-14(23)19-11/h2-4,6H,5,17H2,1H3,(H,18,22)(H2,19,20,21,23)/t6-/m1/s1. The molecule has 0 aliphatic rings. The molecule has 2 rings (SSSR count). The summed E-state index contributed by atoms with van der Waals surface area (Å²) in [5.41, 5.74) is 3.04. The number of halogens is 2. The van der Waals surface area contributed by atoms with E-state index in [1.807, 2.05) is 4.98 Å². The summed E-state index contributed by atoms with van der Waals surface area (Å²) < 4.78 is 18.4. The molecule has 5 N–H and O–H groups in total. The van der Waals surface area contributed by atoms with Crippen molar-refractivity contribution in [3.63, 3.8) is 0 Å². The number of benzene rings is 1. The highest BCUT2D eigenvalue weighted by atomic mass is 35.5. The van der Waals surface area contributed by atoms with E-state index in [0.29, 0.717) is 5.75 Å². The number of nitrogens with two attached hydrogens (primary N) is 1. The van der Waals surface area contributed by atoms with Gasteiger partial charge in [0.05, 0.1) is 11.1 Å². The van der Waals surface area contributed by atoms with Gasteiger partial charge in [-0.05, 0) is 19.1 Å². The van der Waals surface area contributed by atoms with Gasteiger partial charge >= 0.3 is 5.69 Å². The Balaban J connectivity index is 2.00. The van der Waals surface area contributed by atoms with E-state index in [4.69, 9.17) is 22.1 Å². The van der Waals surface area contributed by atoms with E-state index >= 15 is 0 Å². The first-order valence-corrected chi connectivity index (χ1v) is 7.16. The lowest BCUT2D eigenvalue weighted by molar-refractivity contribution is 0.0922. The number of amides is 1. The summed E-state index contributed by atoms with van der Waals surface area (Å²) in [6.07, 6.45) is 0. The number of H-pyrrole nitrogens is 2. The van der Waals surface area contributed by atoms with Crippen molar-refractivity contribution in [1.82, 2.24) is 15.3 Å². The smallest absolute Gasteiger partial charge is 0.326 e. The molecule has 0 saturated carbocycles. The Morgan fingerprint density at radius 3 is 2.79 bits per heavy atom. The molecule has 0 aliphatic heterocycles. The van der Waals surface area contributed by atoms with E-state index in [0.717, 1.165) is 6.07 Å². The Bertz CT molecular complexity index is 880. The molecule has 0 fully saturated rings. The second-order valence-corrected chi connectivity index (χ2v) is 5.37. The Morgan fingerprint density at radius 2 is 2.12 bits per heavy atom. The van der Waals surface area contributed by atoms with Gasteiger partial charge in [-0.2, -0.15) is 0 Å². The van der Waals surface area contributed by atoms with Crippen LogP contribution in [0, 0.1) is 5.82 Å². The molecule has 128 valence electrons. The molecule has 0 bridgehead atoms. The van der Waals surface area contributed by atoms with E-state index in [1.54, 1.807) is 6.92 Å². The fraction of sp³-hybridized carbons (Fsp3) is 0.214. The maximum Gasteiger partial charge on any atom is 0.326 e. The van der Waals surface area contributed by atoms with Crippen molar-refractivity contribution in [2.75, 3.05) is 12.3 Å². The van der Waals surface area contributed by atoms with E-state index < -0.39 is 34.7 Å². The molecular weight excluding hydrogens is 343 g/mol. The number of nitrogen functional groups attached to an aromatic ring is 1. The Labute approximate surface area is 139 Å². The van der Waals surface area contributed by atoms with Crippen LogP contribution in [0.1, 0.15) is 17.4 Å². The third-order valence-corrected chi connectivity index (χ3v) is 3.26. The Hall–Kier alpha value is -2.81. The van der Waals surface area contributed by atoms with Crippen molar-refractivity contribution in [3.8, 4) is 5.75 Å². The lowest BCUT2D eigenvalue weighted by Gasteiger charge is -2.15. The predicted molar refractivity (Wildman–Crippen MR) is 85.9 cm³/mol. The average molecular weight is 357 g/mol. The second-order valence-electron chi connectivity index (χ2n) is 4.96. The summed E-state index contributed by atoms with van der Waals surface area (Å²) in [6, 6.07) is 3.35. The normalized spacial score (nSPS) is 11.8. The zero-order valence-corrected chi connectivity index (χ0v) is 13.2. The first-order chi connectivity index (χ1) is 11.3. The molecule has 0 saturated heterocycles. The number of ether oxygens (including phenoxy) is 1.